The second-order valence-corrected chi connectivity index (χ2v) is 9.35. The summed E-state index contributed by atoms with van der Waals surface area (Å²) in [7, 11) is -3.49. The Morgan fingerprint density at radius 2 is 1.85 bits per heavy atom. The summed E-state index contributed by atoms with van der Waals surface area (Å²) in [6.45, 7) is 0. The number of hydrogen-bond acceptors (Lipinski definition) is 4. The number of nitrogens with one attached hydrogen (secondary N) is 2. The van der Waals surface area contributed by atoms with Crippen LogP contribution in [-0.4, -0.2) is 20.4 Å². The third-order valence-electron chi connectivity index (χ3n) is 4.53. The summed E-state index contributed by atoms with van der Waals surface area (Å²) in [5, 5.41) is 4.86. The molecular weight excluding hydrogens is 368 g/mol. The second kappa shape index (κ2) is 8.79. The SMILES string of the molecule is O=C(CCCc1cccs1)Nc1ccc(S(=O)(=O)NC2CCCC2)cc1. The van der Waals surface area contributed by atoms with Gasteiger partial charge in [0.25, 0.3) is 0 Å². The number of benzene rings is 1. The van der Waals surface area contributed by atoms with E-state index in [1.165, 1.54) is 4.88 Å². The molecule has 2 aromatic rings. The monoisotopic (exact) mass is 392 g/mol. The van der Waals surface area contributed by atoms with Crippen LogP contribution in [0.5, 0.6) is 0 Å². The molecule has 0 unspecified atom stereocenters. The fourth-order valence-electron chi connectivity index (χ4n) is 3.15. The first-order chi connectivity index (χ1) is 12.5. The molecule has 140 valence electrons. The summed E-state index contributed by atoms with van der Waals surface area (Å²) in [5.74, 6) is -0.0544. The quantitative estimate of drug-likeness (QED) is 0.715. The third kappa shape index (κ3) is 5.40. The van der Waals surface area contributed by atoms with E-state index in [4.69, 9.17) is 0 Å². The molecule has 1 heterocycles. The lowest BCUT2D eigenvalue weighted by atomic mass is 10.2. The molecule has 5 nitrogen and oxygen atoms in total. The molecule has 1 aliphatic rings. The highest BCUT2D eigenvalue weighted by Gasteiger charge is 2.22. The van der Waals surface area contributed by atoms with E-state index >= 15 is 0 Å². The van der Waals surface area contributed by atoms with Crippen LogP contribution in [0.2, 0.25) is 0 Å². The lowest BCUT2D eigenvalue weighted by Gasteiger charge is -2.13. The van der Waals surface area contributed by atoms with Gasteiger partial charge in [0.1, 0.15) is 0 Å². The predicted octanol–water partition coefficient (Wildman–Crippen LogP) is 3.93. The molecule has 0 aliphatic heterocycles. The first kappa shape index (κ1) is 19.1. The number of carbonyl (C=O) groups excluding carboxylic acids is 1. The Kier molecular flexibility index (Phi) is 6.45. The Morgan fingerprint density at radius 3 is 2.50 bits per heavy atom. The minimum absolute atomic E-state index is 0.0442. The van der Waals surface area contributed by atoms with E-state index in [1.807, 2.05) is 11.4 Å². The van der Waals surface area contributed by atoms with E-state index in [2.05, 4.69) is 16.1 Å². The molecule has 2 N–H and O–H groups in total. The number of amides is 1. The zero-order chi connectivity index (χ0) is 18.4. The lowest BCUT2D eigenvalue weighted by molar-refractivity contribution is -0.116. The van der Waals surface area contributed by atoms with Crippen molar-refractivity contribution < 1.29 is 13.2 Å². The predicted molar refractivity (Wildman–Crippen MR) is 105 cm³/mol. The lowest BCUT2D eigenvalue weighted by Crippen LogP contribution is -2.32. The van der Waals surface area contributed by atoms with Crippen LogP contribution in [-0.2, 0) is 21.2 Å². The van der Waals surface area contributed by atoms with E-state index in [1.54, 1.807) is 35.6 Å². The van der Waals surface area contributed by atoms with Gasteiger partial charge in [-0.1, -0.05) is 18.9 Å². The van der Waals surface area contributed by atoms with Crippen molar-refractivity contribution in [2.75, 3.05) is 5.32 Å². The van der Waals surface area contributed by atoms with Gasteiger partial charge in [0, 0.05) is 23.0 Å². The summed E-state index contributed by atoms with van der Waals surface area (Å²) in [6.07, 6.45) is 6.09. The van der Waals surface area contributed by atoms with Crippen LogP contribution in [0.3, 0.4) is 0 Å². The molecule has 1 amide bonds. The van der Waals surface area contributed by atoms with Crippen molar-refractivity contribution in [3.63, 3.8) is 0 Å². The van der Waals surface area contributed by atoms with E-state index in [-0.39, 0.29) is 16.8 Å². The fourth-order valence-corrected chi connectivity index (χ4v) is 5.21. The van der Waals surface area contributed by atoms with Crippen LogP contribution in [0.25, 0.3) is 0 Å². The van der Waals surface area contributed by atoms with Gasteiger partial charge < -0.3 is 5.32 Å². The first-order valence-corrected chi connectivity index (χ1v) is 11.3. The molecule has 0 saturated heterocycles. The Labute approximate surface area is 158 Å². The number of rotatable bonds is 8. The maximum atomic E-state index is 12.4. The van der Waals surface area contributed by atoms with Crippen molar-refractivity contribution in [2.24, 2.45) is 0 Å². The van der Waals surface area contributed by atoms with Crippen LogP contribution < -0.4 is 10.0 Å². The maximum Gasteiger partial charge on any atom is 0.240 e. The van der Waals surface area contributed by atoms with Crippen LogP contribution in [0.4, 0.5) is 5.69 Å². The normalized spacial score (nSPS) is 15.2. The molecular formula is C19H24N2O3S2. The molecule has 0 atom stereocenters. The van der Waals surface area contributed by atoms with E-state index in [9.17, 15) is 13.2 Å². The standard InChI is InChI=1S/C19H24N2O3S2/c22-19(9-3-7-17-8-4-14-25-17)20-15-10-12-18(13-11-15)26(23,24)21-16-5-1-2-6-16/h4,8,10-14,16,21H,1-3,5-7,9H2,(H,20,22). The summed E-state index contributed by atoms with van der Waals surface area (Å²) in [4.78, 5) is 13.5. The highest BCUT2D eigenvalue weighted by Crippen LogP contribution is 2.21. The van der Waals surface area contributed by atoms with Crippen LogP contribution in [0.1, 0.15) is 43.4 Å². The average molecular weight is 393 g/mol. The van der Waals surface area contributed by atoms with Crippen molar-refractivity contribution in [3.8, 4) is 0 Å². The highest BCUT2D eigenvalue weighted by atomic mass is 32.2. The zero-order valence-electron chi connectivity index (χ0n) is 14.6. The summed E-state index contributed by atoms with van der Waals surface area (Å²) in [5.41, 5.74) is 0.617. The van der Waals surface area contributed by atoms with Crippen molar-refractivity contribution in [3.05, 3.63) is 46.7 Å². The van der Waals surface area contributed by atoms with Gasteiger partial charge >= 0.3 is 0 Å². The molecule has 1 aromatic carbocycles. The van der Waals surface area contributed by atoms with Gasteiger partial charge in [0.05, 0.1) is 4.90 Å². The van der Waals surface area contributed by atoms with Gasteiger partial charge in [-0.25, -0.2) is 13.1 Å². The average Bonchev–Trinajstić information content (AvgIpc) is 3.29. The maximum absolute atomic E-state index is 12.4. The minimum atomic E-state index is -3.49. The van der Waals surface area contributed by atoms with Gasteiger partial charge in [0.15, 0.2) is 0 Å². The van der Waals surface area contributed by atoms with Gasteiger partial charge in [-0.3, -0.25) is 4.79 Å². The Morgan fingerprint density at radius 1 is 1.12 bits per heavy atom. The first-order valence-electron chi connectivity index (χ1n) is 8.97. The molecule has 0 bridgehead atoms. The molecule has 3 rings (SSSR count). The largest absolute Gasteiger partial charge is 0.326 e. The van der Waals surface area contributed by atoms with Crippen LogP contribution in [0, 0.1) is 0 Å². The molecule has 7 heteroatoms. The minimum Gasteiger partial charge on any atom is -0.326 e. The zero-order valence-corrected chi connectivity index (χ0v) is 16.2. The number of carbonyl (C=O) groups is 1. The Balaban J connectivity index is 1.49. The van der Waals surface area contributed by atoms with Gasteiger partial charge in [0.2, 0.25) is 15.9 Å². The smallest absolute Gasteiger partial charge is 0.240 e. The van der Waals surface area contributed by atoms with E-state index in [0.717, 1.165) is 38.5 Å². The van der Waals surface area contributed by atoms with Crippen molar-refractivity contribution in [2.45, 2.75) is 55.9 Å². The summed E-state index contributed by atoms with van der Waals surface area (Å²) < 4.78 is 27.5. The van der Waals surface area contributed by atoms with Gasteiger partial charge in [-0.05, 0) is 61.4 Å². The molecule has 1 fully saturated rings. The van der Waals surface area contributed by atoms with E-state index in [0.29, 0.717) is 12.1 Å². The number of aryl methyl sites for hydroxylation is 1. The molecule has 26 heavy (non-hydrogen) atoms. The summed E-state index contributed by atoms with van der Waals surface area (Å²) >= 11 is 1.70. The molecule has 1 aromatic heterocycles. The topological polar surface area (TPSA) is 75.3 Å². The van der Waals surface area contributed by atoms with Crippen LogP contribution >= 0.6 is 11.3 Å². The fraction of sp³-hybridized carbons (Fsp3) is 0.421. The Bertz CT molecular complexity index is 809. The van der Waals surface area contributed by atoms with Crippen molar-refractivity contribution in [1.29, 1.82) is 0 Å². The number of hydrogen-bond donors (Lipinski definition) is 2. The van der Waals surface area contributed by atoms with E-state index < -0.39 is 10.0 Å². The van der Waals surface area contributed by atoms with Crippen molar-refractivity contribution in [1.82, 2.24) is 4.72 Å². The number of sulfonamides is 1. The van der Waals surface area contributed by atoms with Crippen LogP contribution in [0.15, 0.2) is 46.7 Å². The molecule has 1 saturated carbocycles. The second-order valence-electron chi connectivity index (χ2n) is 6.61. The Hall–Kier alpha value is -1.70. The molecule has 0 spiro atoms. The third-order valence-corrected chi connectivity index (χ3v) is 7.01. The number of anilines is 1. The highest BCUT2D eigenvalue weighted by molar-refractivity contribution is 7.89. The summed E-state index contributed by atoms with van der Waals surface area (Å²) in [6, 6.07) is 10.5. The van der Waals surface area contributed by atoms with Gasteiger partial charge in [-0.2, -0.15) is 0 Å². The molecule has 0 radical (unpaired) electrons. The van der Waals surface area contributed by atoms with Gasteiger partial charge in [-0.15, -0.1) is 11.3 Å². The number of thiophene rings is 1. The molecule has 1 aliphatic carbocycles. The van der Waals surface area contributed by atoms with Crippen molar-refractivity contribution >= 4 is 33.0 Å².